The first-order chi connectivity index (χ1) is 17.0. The number of aromatic nitrogens is 2. The van der Waals surface area contributed by atoms with Gasteiger partial charge in [0.1, 0.15) is 11.4 Å². The highest BCUT2D eigenvalue weighted by molar-refractivity contribution is 6.32. The maximum absolute atomic E-state index is 14.0. The highest BCUT2D eigenvalue weighted by atomic mass is 35.5. The summed E-state index contributed by atoms with van der Waals surface area (Å²) in [6, 6.07) is 26.9. The number of hydrogen-bond donors (Lipinski definition) is 0. The minimum Gasteiger partial charge on any atom is -0.497 e. The van der Waals surface area contributed by atoms with Gasteiger partial charge in [0.15, 0.2) is 0 Å². The average molecular weight is 489 g/mol. The van der Waals surface area contributed by atoms with E-state index in [-0.39, 0.29) is 5.91 Å². The maximum atomic E-state index is 14.0. The van der Waals surface area contributed by atoms with Crippen molar-refractivity contribution in [1.82, 2.24) is 19.6 Å². The van der Waals surface area contributed by atoms with E-state index in [2.05, 4.69) is 4.90 Å². The van der Waals surface area contributed by atoms with E-state index in [9.17, 15) is 4.79 Å². The van der Waals surface area contributed by atoms with Crippen LogP contribution in [-0.4, -0.2) is 59.8 Å². The van der Waals surface area contributed by atoms with E-state index >= 15 is 0 Å². The minimum absolute atomic E-state index is 0.108. The fourth-order valence-electron chi connectivity index (χ4n) is 3.78. The number of carbonyl (C=O) groups is 1. The first kappa shape index (κ1) is 24.5. The molecule has 6 nitrogen and oxygen atoms in total. The molecule has 0 saturated heterocycles. The van der Waals surface area contributed by atoms with Crippen LogP contribution in [0.1, 0.15) is 16.1 Å². The van der Waals surface area contributed by atoms with Crippen LogP contribution >= 0.6 is 11.6 Å². The molecule has 0 atom stereocenters. The second kappa shape index (κ2) is 11.2. The van der Waals surface area contributed by atoms with Gasteiger partial charge in [-0.15, -0.1) is 0 Å². The van der Waals surface area contributed by atoms with Crippen LogP contribution in [0.15, 0.2) is 84.9 Å². The number of likely N-dealkylation sites (N-methyl/N-ethyl adjacent to an activating group) is 1. The largest absolute Gasteiger partial charge is 0.497 e. The lowest BCUT2D eigenvalue weighted by Crippen LogP contribution is -2.37. The van der Waals surface area contributed by atoms with Crippen LogP contribution in [0.3, 0.4) is 0 Å². The van der Waals surface area contributed by atoms with Gasteiger partial charge in [-0.3, -0.25) is 4.79 Å². The quantitative estimate of drug-likeness (QED) is 0.316. The molecule has 1 amide bonds. The summed E-state index contributed by atoms with van der Waals surface area (Å²) in [7, 11) is 5.63. The monoisotopic (exact) mass is 488 g/mol. The van der Waals surface area contributed by atoms with Crippen LogP contribution in [0, 0.1) is 0 Å². The zero-order chi connectivity index (χ0) is 24.8. The molecule has 1 aromatic heterocycles. The van der Waals surface area contributed by atoms with Crippen molar-refractivity contribution in [3.63, 3.8) is 0 Å². The normalized spacial score (nSPS) is 11.0. The topological polar surface area (TPSA) is 50.6 Å². The number of carbonyl (C=O) groups excluding carboxylic acids is 1. The van der Waals surface area contributed by atoms with Crippen molar-refractivity contribution < 1.29 is 9.53 Å². The molecule has 0 bridgehead atoms. The number of nitrogens with zero attached hydrogens (tertiary/aromatic N) is 4. The SMILES string of the molecule is COc1ccc(-c2cc(C(=O)N(CCN(C)C)Cc3ccccc3)n(-c3ccccc3Cl)n2)cc1. The van der Waals surface area contributed by atoms with E-state index in [1.165, 1.54) is 0 Å². The highest BCUT2D eigenvalue weighted by Gasteiger charge is 2.24. The molecule has 180 valence electrons. The Morgan fingerprint density at radius 1 is 0.943 bits per heavy atom. The molecule has 0 spiro atoms. The van der Waals surface area contributed by atoms with Crippen molar-refractivity contribution in [2.75, 3.05) is 34.3 Å². The standard InChI is InChI=1S/C28H29ClN4O2/c1-31(2)17-18-32(20-21-9-5-4-6-10-21)28(34)27-19-25(22-13-15-23(35-3)16-14-22)30-33(27)26-12-8-7-11-24(26)29/h4-16,19H,17-18,20H2,1-3H3. The number of amides is 1. The molecule has 1 heterocycles. The second-order valence-electron chi connectivity index (χ2n) is 8.52. The van der Waals surface area contributed by atoms with Crippen molar-refractivity contribution in [3.05, 3.63) is 101 Å². The second-order valence-corrected chi connectivity index (χ2v) is 8.93. The highest BCUT2D eigenvalue weighted by Crippen LogP contribution is 2.28. The summed E-state index contributed by atoms with van der Waals surface area (Å²) in [5.74, 6) is 0.649. The van der Waals surface area contributed by atoms with Gasteiger partial charge >= 0.3 is 0 Å². The molecular weight excluding hydrogens is 460 g/mol. The fraction of sp³-hybridized carbons (Fsp3) is 0.214. The summed E-state index contributed by atoms with van der Waals surface area (Å²) in [5, 5.41) is 5.33. The number of hydrogen-bond acceptors (Lipinski definition) is 4. The van der Waals surface area contributed by atoms with E-state index < -0.39 is 0 Å². The van der Waals surface area contributed by atoms with Gasteiger partial charge in [-0.2, -0.15) is 5.10 Å². The van der Waals surface area contributed by atoms with Crippen molar-refractivity contribution in [3.8, 4) is 22.7 Å². The molecule has 4 aromatic rings. The number of halogens is 1. The Morgan fingerprint density at radius 3 is 2.29 bits per heavy atom. The molecule has 7 heteroatoms. The number of rotatable bonds is 9. The molecule has 0 unspecified atom stereocenters. The molecule has 0 aliphatic rings. The molecular formula is C28H29ClN4O2. The summed E-state index contributed by atoms with van der Waals surface area (Å²) in [6.45, 7) is 1.82. The molecule has 3 aromatic carbocycles. The molecule has 0 radical (unpaired) electrons. The first-order valence-electron chi connectivity index (χ1n) is 11.4. The predicted molar refractivity (Wildman–Crippen MR) is 140 cm³/mol. The van der Waals surface area contributed by atoms with Gasteiger partial charge in [-0.1, -0.05) is 54.1 Å². The van der Waals surface area contributed by atoms with Gasteiger partial charge in [0.05, 0.1) is 23.5 Å². The van der Waals surface area contributed by atoms with E-state index in [1.807, 2.05) is 97.9 Å². The van der Waals surface area contributed by atoms with Gasteiger partial charge in [0, 0.05) is 25.2 Å². The van der Waals surface area contributed by atoms with Gasteiger partial charge in [0.25, 0.3) is 5.91 Å². The molecule has 0 fully saturated rings. The van der Waals surface area contributed by atoms with E-state index in [0.717, 1.165) is 23.4 Å². The Kier molecular flexibility index (Phi) is 7.85. The molecule has 4 rings (SSSR count). The number of benzene rings is 3. The zero-order valence-corrected chi connectivity index (χ0v) is 20.9. The Balaban J connectivity index is 1.77. The summed E-state index contributed by atoms with van der Waals surface area (Å²) >= 11 is 6.53. The van der Waals surface area contributed by atoms with Crippen molar-refractivity contribution in [2.45, 2.75) is 6.54 Å². The van der Waals surface area contributed by atoms with Gasteiger partial charge < -0.3 is 14.5 Å². The Labute approximate surface area is 211 Å². The van der Waals surface area contributed by atoms with E-state index in [0.29, 0.717) is 35.2 Å². The van der Waals surface area contributed by atoms with Crippen LogP contribution < -0.4 is 4.74 Å². The summed E-state index contributed by atoms with van der Waals surface area (Å²) < 4.78 is 6.93. The zero-order valence-electron chi connectivity index (χ0n) is 20.2. The van der Waals surface area contributed by atoms with Crippen molar-refractivity contribution in [1.29, 1.82) is 0 Å². The van der Waals surface area contributed by atoms with Crippen LogP contribution in [0.4, 0.5) is 0 Å². The minimum atomic E-state index is -0.108. The van der Waals surface area contributed by atoms with Crippen LogP contribution in [-0.2, 0) is 6.54 Å². The number of methoxy groups -OCH3 is 1. The molecule has 35 heavy (non-hydrogen) atoms. The van der Waals surface area contributed by atoms with Crippen LogP contribution in [0.5, 0.6) is 5.75 Å². The molecule has 0 aliphatic carbocycles. The van der Waals surface area contributed by atoms with E-state index in [1.54, 1.807) is 17.9 Å². The van der Waals surface area contributed by atoms with Crippen molar-refractivity contribution in [2.24, 2.45) is 0 Å². The summed E-state index contributed by atoms with van der Waals surface area (Å²) in [6.07, 6.45) is 0. The average Bonchev–Trinajstić information content (AvgIpc) is 3.32. The lowest BCUT2D eigenvalue weighted by molar-refractivity contribution is 0.0722. The smallest absolute Gasteiger partial charge is 0.272 e. The lowest BCUT2D eigenvalue weighted by Gasteiger charge is -2.25. The van der Waals surface area contributed by atoms with Gasteiger partial charge in [0.2, 0.25) is 0 Å². The molecule has 0 aliphatic heterocycles. The third kappa shape index (κ3) is 5.91. The van der Waals surface area contributed by atoms with Crippen molar-refractivity contribution >= 4 is 17.5 Å². The Morgan fingerprint density at radius 2 is 1.63 bits per heavy atom. The third-order valence-electron chi connectivity index (χ3n) is 5.72. The van der Waals surface area contributed by atoms with Crippen LogP contribution in [0.25, 0.3) is 16.9 Å². The third-order valence-corrected chi connectivity index (χ3v) is 6.04. The number of para-hydroxylation sites is 1. The lowest BCUT2D eigenvalue weighted by atomic mass is 10.1. The summed E-state index contributed by atoms with van der Waals surface area (Å²) in [5.41, 5.74) is 3.75. The Bertz CT molecular complexity index is 1270. The first-order valence-corrected chi connectivity index (χ1v) is 11.8. The summed E-state index contributed by atoms with van der Waals surface area (Å²) in [4.78, 5) is 17.9. The van der Waals surface area contributed by atoms with E-state index in [4.69, 9.17) is 21.4 Å². The number of ether oxygens (including phenoxy) is 1. The maximum Gasteiger partial charge on any atom is 0.272 e. The van der Waals surface area contributed by atoms with Gasteiger partial charge in [-0.25, -0.2) is 4.68 Å². The van der Waals surface area contributed by atoms with Crippen LogP contribution in [0.2, 0.25) is 5.02 Å². The predicted octanol–water partition coefficient (Wildman–Crippen LogP) is 5.41. The Hall–Kier alpha value is -3.61. The fourth-order valence-corrected chi connectivity index (χ4v) is 4.00. The molecule has 0 N–H and O–H groups in total. The molecule has 0 saturated carbocycles. The van der Waals surface area contributed by atoms with Gasteiger partial charge in [-0.05, 0) is 62.1 Å².